The van der Waals surface area contributed by atoms with Crippen molar-refractivity contribution in [2.75, 3.05) is 33.4 Å². The van der Waals surface area contributed by atoms with Gasteiger partial charge in [0.25, 0.3) is 0 Å². The van der Waals surface area contributed by atoms with Crippen LogP contribution in [-0.2, 0) is 4.74 Å². The first-order chi connectivity index (χ1) is 13.2. The van der Waals surface area contributed by atoms with Crippen LogP contribution in [0.1, 0.15) is 49.5 Å². The zero-order valence-electron chi connectivity index (χ0n) is 16.5. The van der Waals surface area contributed by atoms with Crippen molar-refractivity contribution < 1.29 is 4.74 Å². The number of thioether (sulfide) groups is 1. The van der Waals surface area contributed by atoms with Crippen molar-refractivity contribution in [1.29, 1.82) is 0 Å². The number of allylic oxidation sites excluding steroid dienone is 3. The summed E-state index contributed by atoms with van der Waals surface area (Å²) in [6.07, 6.45) is 7.74. The number of hydrogen-bond acceptors (Lipinski definition) is 6. The molecule has 1 atom stereocenters. The van der Waals surface area contributed by atoms with E-state index in [0.717, 1.165) is 45.5 Å². The van der Waals surface area contributed by atoms with Crippen molar-refractivity contribution in [2.45, 2.75) is 49.3 Å². The molecular formula is C21H29N3OS2. The largest absolute Gasteiger partial charge is 0.385 e. The third kappa shape index (κ3) is 4.19. The van der Waals surface area contributed by atoms with E-state index in [1.165, 1.54) is 31.1 Å². The van der Waals surface area contributed by atoms with Gasteiger partial charge in [0, 0.05) is 54.7 Å². The number of ether oxygens (including phenoxy) is 1. The summed E-state index contributed by atoms with van der Waals surface area (Å²) >= 11 is 3.86. The molecule has 27 heavy (non-hydrogen) atoms. The predicted octanol–water partition coefficient (Wildman–Crippen LogP) is 4.60. The Hall–Kier alpha value is -1.08. The van der Waals surface area contributed by atoms with Crippen LogP contribution in [0.2, 0.25) is 0 Å². The van der Waals surface area contributed by atoms with Crippen molar-refractivity contribution in [3.8, 4) is 0 Å². The van der Waals surface area contributed by atoms with Crippen LogP contribution >= 0.6 is 23.1 Å². The van der Waals surface area contributed by atoms with E-state index in [1.54, 1.807) is 7.11 Å². The van der Waals surface area contributed by atoms with Gasteiger partial charge in [-0.05, 0) is 31.2 Å². The summed E-state index contributed by atoms with van der Waals surface area (Å²) in [5.74, 6) is 1.74. The Morgan fingerprint density at radius 3 is 3.11 bits per heavy atom. The van der Waals surface area contributed by atoms with Gasteiger partial charge in [0.05, 0.1) is 9.91 Å². The Balaban J connectivity index is 1.69. The second-order valence-corrected chi connectivity index (χ2v) is 10.1. The number of amidine groups is 1. The van der Waals surface area contributed by atoms with E-state index in [0.29, 0.717) is 12.0 Å². The van der Waals surface area contributed by atoms with Gasteiger partial charge in [0.15, 0.2) is 0 Å². The van der Waals surface area contributed by atoms with E-state index in [1.807, 2.05) is 23.1 Å². The fraction of sp³-hybridized carbons (Fsp3) is 0.571. The average Bonchev–Trinajstić information content (AvgIpc) is 3.03. The molecule has 1 N–H and O–H groups in total. The predicted molar refractivity (Wildman–Crippen MR) is 116 cm³/mol. The lowest BCUT2D eigenvalue weighted by atomic mass is 10.1. The van der Waals surface area contributed by atoms with Crippen molar-refractivity contribution in [2.24, 2.45) is 4.99 Å². The lowest BCUT2D eigenvalue weighted by Gasteiger charge is -2.36. The molecule has 4 rings (SSSR count). The molecule has 1 fully saturated rings. The number of nitrogens with one attached hydrogen (secondary N) is 1. The first-order valence-electron chi connectivity index (χ1n) is 9.93. The third-order valence-electron chi connectivity index (χ3n) is 5.30. The SMILES string of the molecule is COCC[C@H]1CN(C2=NC3=C(C=CCC3)Sc3sc(C(C)C)cc32)CCN1. The van der Waals surface area contributed by atoms with Gasteiger partial charge in [0.1, 0.15) is 5.84 Å². The van der Waals surface area contributed by atoms with Crippen molar-refractivity contribution >= 4 is 28.9 Å². The number of aliphatic imine (C=N–C) groups is 1. The molecule has 1 aromatic heterocycles. The van der Waals surface area contributed by atoms with Crippen molar-refractivity contribution in [3.63, 3.8) is 0 Å². The molecule has 0 radical (unpaired) electrons. The second-order valence-electron chi connectivity index (χ2n) is 7.67. The zero-order valence-corrected chi connectivity index (χ0v) is 18.1. The highest BCUT2D eigenvalue weighted by atomic mass is 32.2. The van der Waals surface area contributed by atoms with Crippen molar-refractivity contribution in [1.82, 2.24) is 10.2 Å². The number of fused-ring (bicyclic) bond motifs is 1. The smallest absolute Gasteiger partial charge is 0.138 e. The van der Waals surface area contributed by atoms with Crippen LogP contribution in [0.5, 0.6) is 0 Å². The highest BCUT2D eigenvalue weighted by molar-refractivity contribution is 8.05. The minimum Gasteiger partial charge on any atom is -0.385 e. The molecule has 2 aliphatic heterocycles. The normalized spacial score (nSPS) is 22.6. The number of thiophene rings is 1. The molecule has 1 aliphatic carbocycles. The van der Waals surface area contributed by atoms with Gasteiger partial charge < -0.3 is 15.0 Å². The van der Waals surface area contributed by atoms with Gasteiger partial charge in [-0.2, -0.15) is 0 Å². The monoisotopic (exact) mass is 403 g/mol. The fourth-order valence-corrected chi connectivity index (χ4v) is 6.24. The molecule has 1 saturated heterocycles. The molecule has 4 nitrogen and oxygen atoms in total. The van der Waals surface area contributed by atoms with E-state index in [-0.39, 0.29) is 0 Å². The summed E-state index contributed by atoms with van der Waals surface area (Å²) in [6, 6.07) is 2.86. The minimum absolute atomic E-state index is 0.462. The number of methoxy groups -OCH3 is 1. The van der Waals surface area contributed by atoms with Crippen LogP contribution < -0.4 is 5.32 Å². The maximum atomic E-state index is 5.30. The lowest BCUT2D eigenvalue weighted by Crippen LogP contribution is -2.53. The quantitative estimate of drug-likeness (QED) is 0.797. The molecule has 0 bridgehead atoms. The topological polar surface area (TPSA) is 36.9 Å². The van der Waals surface area contributed by atoms with Gasteiger partial charge in [0.2, 0.25) is 0 Å². The first-order valence-corrected chi connectivity index (χ1v) is 11.6. The van der Waals surface area contributed by atoms with E-state index in [9.17, 15) is 0 Å². The lowest BCUT2D eigenvalue weighted by molar-refractivity contribution is 0.168. The number of nitrogens with zero attached hydrogens (tertiary/aromatic N) is 2. The molecule has 1 aromatic rings. The minimum atomic E-state index is 0.462. The van der Waals surface area contributed by atoms with Crippen LogP contribution in [0.3, 0.4) is 0 Å². The van der Waals surface area contributed by atoms with E-state index in [4.69, 9.17) is 9.73 Å². The molecule has 0 amide bonds. The molecular weight excluding hydrogens is 374 g/mol. The molecule has 0 saturated carbocycles. The Morgan fingerprint density at radius 2 is 2.30 bits per heavy atom. The van der Waals surface area contributed by atoms with Crippen molar-refractivity contribution in [3.05, 3.63) is 39.3 Å². The summed E-state index contributed by atoms with van der Waals surface area (Å²) in [6.45, 7) is 8.38. The maximum absolute atomic E-state index is 5.30. The second kappa shape index (κ2) is 8.52. The molecule has 0 spiro atoms. The Morgan fingerprint density at radius 1 is 1.41 bits per heavy atom. The Labute approximate surface area is 170 Å². The maximum Gasteiger partial charge on any atom is 0.138 e. The Bertz CT molecular complexity index is 778. The van der Waals surface area contributed by atoms with E-state index < -0.39 is 0 Å². The summed E-state index contributed by atoms with van der Waals surface area (Å²) < 4.78 is 6.70. The van der Waals surface area contributed by atoms with E-state index >= 15 is 0 Å². The van der Waals surface area contributed by atoms with Gasteiger partial charge in [-0.25, -0.2) is 4.99 Å². The van der Waals surface area contributed by atoms with Gasteiger partial charge in [-0.1, -0.05) is 37.8 Å². The first kappa shape index (κ1) is 19.2. The summed E-state index contributed by atoms with van der Waals surface area (Å²) in [4.78, 5) is 10.5. The highest BCUT2D eigenvalue weighted by Gasteiger charge is 2.29. The Kier molecular flexibility index (Phi) is 6.07. The summed E-state index contributed by atoms with van der Waals surface area (Å²) in [7, 11) is 1.78. The average molecular weight is 404 g/mol. The van der Waals surface area contributed by atoms with Gasteiger partial charge >= 0.3 is 0 Å². The number of rotatable bonds is 4. The standard InChI is InChI=1S/C21H29N3OS2/c1-14(2)19-12-16-20(24-10-9-22-15(13-24)8-11-25-3)23-17-6-4-5-7-18(17)26-21(16)27-19/h5,7,12,14-15,22H,4,6,8-11,13H2,1-3H3/t15-/m0/s1. The molecule has 146 valence electrons. The number of hydrogen-bond donors (Lipinski definition) is 1. The fourth-order valence-electron chi connectivity index (χ4n) is 3.74. The molecule has 0 aromatic carbocycles. The van der Waals surface area contributed by atoms with Crippen LogP contribution in [0, 0.1) is 0 Å². The summed E-state index contributed by atoms with van der Waals surface area (Å²) in [5, 5.41) is 3.64. The van der Waals surface area contributed by atoms with Crippen LogP contribution in [0.4, 0.5) is 0 Å². The van der Waals surface area contributed by atoms with Crippen LogP contribution in [0.25, 0.3) is 0 Å². The molecule has 0 unspecified atom stereocenters. The molecule has 3 heterocycles. The third-order valence-corrected chi connectivity index (χ3v) is 8.02. The molecule has 6 heteroatoms. The summed E-state index contributed by atoms with van der Waals surface area (Å²) in [5.41, 5.74) is 2.60. The molecule has 3 aliphatic rings. The van der Waals surface area contributed by atoms with E-state index in [2.05, 4.69) is 42.3 Å². The zero-order chi connectivity index (χ0) is 18.8. The highest BCUT2D eigenvalue weighted by Crippen LogP contribution is 2.45. The number of piperazine rings is 1. The van der Waals surface area contributed by atoms with Gasteiger partial charge in [-0.15, -0.1) is 11.3 Å². The van der Waals surface area contributed by atoms with Crippen LogP contribution in [-0.4, -0.2) is 50.1 Å². The van der Waals surface area contributed by atoms with Crippen LogP contribution in [0.15, 0.2) is 38.0 Å². The van der Waals surface area contributed by atoms with Gasteiger partial charge in [-0.3, -0.25) is 0 Å².